The SMILES string of the molecule is Cc1nn(Cc2ccccc2)cc1C(=O)NNS(=O)(=O)c1ccccc1. The minimum Gasteiger partial charge on any atom is -0.273 e. The van der Waals surface area contributed by atoms with E-state index in [4.69, 9.17) is 0 Å². The van der Waals surface area contributed by atoms with E-state index in [9.17, 15) is 13.2 Å². The molecule has 0 aliphatic carbocycles. The Hall–Kier alpha value is -2.97. The fourth-order valence-electron chi connectivity index (χ4n) is 2.43. The van der Waals surface area contributed by atoms with Crippen LogP contribution in [0.15, 0.2) is 71.8 Å². The monoisotopic (exact) mass is 370 g/mol. The Morgan fingerprint density at radius 2 is 1.65 bits per heavy atom. The number of benzene rings is 2. The van der Waals surface area contributed by atoms with Crippen molar-refractivity contribution in [1.29, 1.82) is 0 Å². The summed E-state index contributed by atoms with van der Waals surface area (Å²) in [6.45, 7) is 2.22. The molecule has 0 atom stereocenters. The Balaban J connectivity index is 1.69. The van der Waals surface area contributed by atoms with Crippen LogP contribution in [0.3, 0.4) is 0 Å². The Bertz CT molecular complexity index is 999. The second-order valence-electron chi connectivity index (χ2n) is 5.68. The van der Waals surface area contributed by atoms with Crippen LogP contribution in [0.4, 0.5) is 0 Å². The zero-order valence-corrected chi connectivity index (χ0v) is 14.9. The molecule has 2 N–H and O–H groups in total. The molecule has 0 unspecified atom stereocenters. The van der Waals surface area contributed by atoms with Crippen molar-refractivity contribution in [3.63, 3.8) is 0 Å². The number of aryl methyl sites for hydroxylation is 1. The highest BCUT2D eigenvalue weighted by Gasteiger charge is 2.18. The summed E-state index contributed by atoms with van der Waals surface area (Å²) >= 11 is 0. The van der Waals surface area contributed by atoms with Crippen molar-refractivity contribution >= 4 is 15.9 Å². The molecule has 0 fully saturated rings. The normalized spacial score (nSPS) is 11.3. The zero-order valence-electron chi connectivity index (χ0n) is 14.1. The third-order valence-electron chi connectivity index (χ3n) is 3.73. The predicted octanol–water partition coefficient (Wildman–Crippen LogP) is 1.86. The molecule has 0 radical (unpaired) electrons. The minimum absolute atomic E-state index is 0.0665. The minimum atomic E-state index is -3.83. The van der Waals surface area contributed by atoms with Gasteiger partial charge in [0.2, 0.25) is 0 Å². The van der Waals surface area contributed by atoms with Crippen molar-refractivity contribution in [1.82, 2.24) is 20.0 Å². The molecular formula is C18H18N4O3S. The Morgan fingerprint density at radius 3 is 2.31 bits per heavy atom. The van der Waals surface area contributed by atoms with E-state index in [0.717, 1.165) is 5.56 Å². The third-order valence-corrected chi connectivity index (χ3v) is 4.99. The first-order valence-corrected chi connectivity index (χ1v) is 9.39. The molecule has 0 spiro atoms. The number of amides is 1. The van der Waals surface area contributed by atoms with Gasteiger partial charge in [0.1, 0.15) is 0 Å². The van der Waals surface area contributed by atoms with Crippen molar-refractivity contribution in [2.24, 2.45) is 0 Å². The van der Waals surface area contributed by atoms with Crippen molar-refractivity contribution in [2.45, 2.75) is 18.4 Å². The number of rotatable bonds is 6. The van der Waals surface area contributed by atoms with Crippen LogP contribution in [0.5, 0.6) is 0 Å². The number of hydrogen-bond acceptors (Lipinski definition) is 4. The van der Waals surface area contributed by atoms with Gasteiger partial charge in [0.05, 0.1) is 22.7 Å². The van der Waals surface area contributed by atoms with Crippen LogP contribution in [0.2, 0.25) is 0 Å². The molecule has 0 aliphatic heterocycles. The Kier molecular flexibility index (Phi) is 5.15. The highest BCUT2D eigenvalue weighted by Crippen LogP contribution is 2.09. The van der Waals surface area contributed by atoms with Crippen LogP contribution in [0.1, 0.15) is 21.6 Å². The van der Waals surface area contributed by atoms with E-state index < -0.39 is 15.9 Å². The molecule has 26 heavy (non-hydrogen) atoms. The van der Waals surface area contributed by atoms with E-state index in [-0.39, 0.29) is 4.90 Å². The van der Waals surface area contributed by atoms with Gasteiger partial charge < -0.3 is 0 Å². The molecule has 2 aromatic carbocycles. The zero-order chi connectivity index (χ0) is 18.6. The van der Waals surface area contributed by atoms with Crippen LogP contribution in [0, 0.1) is 6.92 Å². The van der Waals surface area contributed by atoms with Crippen molar-refractivity contribution < 1.29 is 13.2 Å². The molecule has 1 heterocycles. The summed E-state index contributed by atoms with van der Waals surface area (Å²) < 4.78 is 25.9. The summed E-state index contributed by atoms with van der Waals surface area (Å²) in [6.07, 6.45) is 1.59. The van der Waals surface area contributed by atoms with Crippen LogP contribution in [-0.2, 0) is 16.6 Å². The lowest BCUT2D eigenvalue weighted by molar-refractivity contribution is 0.0944. The first-order valence-electron chi connectivity index (χ1n) is 7.91. The highest BCUT2D eigenvalue weighted by atomic mass is 32.2. The molecule has 1 amide bonds. The number of sulfonamides is 1. The fourth-order valence-corrected chi connectivity index (χ4v) is 3.29. The quantitative estimate of drug-likeness (QED) is 0.648. The van der Waals surface area contributed by atoms with Crippen molar-refractivity contribution in [2.75, 3.05) is 0 Å². The Labute approximate surface area is 151 Å². The maximum absolute atomic E-state index is 12.3. The summed E-state index contributed by atoms with van der Waals surface area (Å²) in [5.41, 5.74) is 4.09. The van der Waals surface area contributed by atoms with E-state index in [1.807, 2.05) is 30.3 Å². The lowest BCUT2D eigenvalue weighted by Gasteiger charge is -2.07. The van der Waals surface area contributed by atoms with Crippen molar-refractivity contribution in [3.05, 3.63) is 83.7 Å². The van der Waals surface area contributed by atoms with Crippen LogP contribution < -0.4 is 10.3 Å². The van der Waals surface area contributed by atoms with Gasteiger partial charge in [0.25, 0.3) is 15.9 Å². The van der Waals surface area contributed by atoms with E-state index >= 15 is 0 Å². The lowest BCUT2D eigenvalue weighted by atomic mass is 10.2. The molecule has 0 aliphatic rings. The third kappa shape index (κ3) is 4.16. The summed E-state index contributed by atoms with van der Waals surface area (Å²) in [5.74, 6) is -0.568. The van der Waals surface area contributed by atoms with Gasteiger partial charge in [-0.15, -0.1) is 4.83 Å². The number of hydrogen-bond donors (Lipinski definition) is 2. The van der Waals surface area contributed by atoms with E-state index in [1.54, 1.807) is 36.0 Å². The van der Waals surface area contributed by atoms with E-state index in [2.05, 4.69) is 15.4 Å². The molecule has 3 rings (SSSR count). The molecule has 0 saturated carbocycles. The van der Waals surface area contributed by atoms with Gasteiger partial charge in [-0.2, -0.15) is 5.10 Å². The number of nitrogens with one attached hydrogen (secondary N) is 2. The standard InChI is InChI=1S/C18H18N4O3S/c1-14-17(13-22(20-14)12-15-8-4-2-5-9-15)18(23)19-21-26(24,25)16-10-6-3-7-11-16/h2-11,13,21H,12H2,1H3,(H,19,23). The molecular weight excluding hydrogens is 352 g/mol. The van der Waals surface area contributed by atoms with Gasteiger partial charge in [-0.05, 0) is 24.6 Å². The molecule has 134 valence electrons. The van der Waals surface area contributed by atoms with Crippen molar-refractivity contribution in [3.8, 4) is 0 Å². The van der Waals surface area contributed by atoms with Gasteiger partial charge >= 0.3 is 0 Å². The largest absolute Gasteiger partial charge is 0.273 e. The van der Waals surface area contributed by atoms with Gasteiger partial charge in [0.15, 0.2) is 0 Å². The van der Waals surface area contributed by atoms with Crippen LogP contribution in [0.25, 0.3) is 0 Å². The summed E-state index contributed by atoms with van der Waals surface area (Å²) in [5, 5.41) is 4.31. The predicted molar refractivity (Wildman–Crippen MR) is 96.7 cm³/mol. The first kappa shape index (κ1) is 17.8. The van der Waals surface area contributed by atoms with Crippen LogP contribution >= 0.6 is 0 Å². The number of aromatic nitrogens is 2. The maximum atomic E-state index is 12.3. The number of carbonyl (C=O) groups is 1. The topological polar surface area (TPSA) is 93.1 Å². The smallest absolute Gasteiger partial charge is 0.269 e. The molecule has 0 saturated heterocycles. The van der Waals surface area contributed by atoms with Gasteiger partial charge in [0, 0.05) is 6.20 Å². The highest BCUT2D eigenvalue weighted by molar-refractivity contribution is 7.89. The van der Waals surface area contributed by atoms with Gasteiger partial charge in [-0.3, -0.25) is 14.9 Å². The first-order chi connectivity index (χ1) is 12.5. The average Bonchev–Trinajstić information content (AvgIpc) is 3.01. The Morgan fingerprint density at radius 1 is 1.04 bits per heavy atom. The van der Waals surface area contributed by atoms with E-state index in [1.165, 1.54) is 12.1 Å². The molecule has 7 nitrogen and oxygen atoms in total. The molecule has 8 heteroatoms. The fraction of sp³-hybridized carbons (Fsp3) is 0.111. The van der Waals surface area contributed by atoms with Gasteiger partial charge in [-0.1, -0.05) is 48.5 Å². The van der Waals surface area contributed by atoms with Gasteiger partial charge in [-0.25, -0.2) is 8.42 Å². The number of hydrazine groups is 1. The number of nitrogens with zero attached hydrogens (tertiary/aromatic N) is 2. The maximum Gasteiger partial charge on any atom is 0.269 e. The second-order valence-corrected chi connectivity index (χ2v) is 7.37. The molecule has 1 aromatic heterocycles. The lowest BCUT2D eigenvalue weighted by Crippen LogP contribution is -2.41. The molecule has 0 bridgehead atoms. The van der Waals surface area contributed by atoms with Crippen LogP contribution in [-0.4, -0.2) is 24.1 Å². The summed E-state index contributed by atoms with van der Waals surface area (Å²) in [7, 11) is -3.83. The second kappa shape index (κ2) is 7.51. The summed E-state index contributed by atoms with van der Waals surface area (Å²) in [6, 6.07) is 17.5. The van der Waals surface area contributed by atoms with E-state index in [0.29, 0.717) is 17.8 Å². The molecule has 3 aromatic rings. The number of carbonyl (C=O) groups excluding carboxylic acids is 1. The summed E-state index contributed by atoms with van der Waals surface area (Å²) in [4.78, 5) is 14.5. The average molecular weight is 370 g/mol.